The smallest absolute Gasteiger partial charge is 0.352 e. The van der Waals surface area contributed by atoms with Crippen molar-refractivity contribution in [1.29, 1.82) is 0 Å². The van der Waals surface area contributed by atoms with Crippen LogP contribution in [0.1, 0.15) is 10.5 Å². The molecule has 0 fully saturated rings. The van der Waals surface area contributed by atoms with Crippen LogP contribution in [-0.4, -0.2) is 35.3 Å². The number of primary amides is 1. The number of fused-ring (bicyclic) bond motifs is 1. The van der Waals surface area contributed by atoms with Crippen molar-refractivity contribution in [2.75, 3.05) is 0 Å². The third-order valence-corrected chi connectivity index (χ3v) is 3.31. The average molecular weight is 277 g/mol. The monoisotopic (exact) mass is 277 g/mol. The Kier molecular flexibility index (Phi) is 2.38. The Morgan fingerprint density at radius 2 is 2.26 bits per heavy atom. The number of imidazole rings is 1. The molecular formula is C9H7N7O2S. The Balaban J connectivity index is 2.23. The Morgan fingerprint density at radius 1 is 1.47 bits per heavy atom. The summed E-state index contributed by atoms with van der Waals surface area (Å²) in [5, 5.41) is 9.56. The Morgan fingerprint density at radius 3 is 2.95 bits per heavy atom. The van der Waals surface area contributed by atoms with E-state index < -0.39 is 5.91 Å². The molecule has 0 saturated carbocycles. The van der Waals surface area contributed by atoms with E-state index in [0.29, 0.717) is 10.7 Å². The third kappa shape index (κ3) is 1.69. The maximum absolute atomic E-state index is 11.8. The molecule has 9 nitrogen and oxygen atoms in total. The molecule has 1 amide bonds. The highest BCUT2D eigenvalue weighted by atomic mass is 32.1. The van der Waals surface area contributed by atoms with E-state index in [1.54, 1.807) is 0 Å². The molecule has 3 rings (SSSR count). The zero-order chi connectivity index (χ0) is 13.6. The predicted octanol–water partition coefficient (Wildman–Crippen LogP) is -0.955. The van der Waals surface area contributed by atoms with Gasteiger partial charge in [0.25, 0.3) is 5.91 Å². The molecule has 0 atom stereocenters. The first-order chi connectivity index (χ1) is 9.08. The number of hydrogen-bond acceptors (Lipinski definition) is 7. The lowest BCUT2D eigenvalue weighted by Gasteiger charge is -1.95. The molecule has 0 radical (unpaired) electrons. The molecule has 96 valence electrons. The fourth-order valence-corrected chi connectivity index (χ4v) is 2.33. The van der Waals surface area contributed by atoms with Gasteiger partial charge in [0, 0.05) is 12.4 Å². The lowest BCUT2D eigenvalue weighted by atomic mass is 10.4. The van der Waals surface area contributed by atoms with Gasteiger partial charge in [-0.05, 0) is 0 Å². The van der Waals surface area contributed by atoms with Crippen LogP contribution < -0.4 is 11.4 Å². The molecule has 0 unspecified atom stereocenters. The Hall–Kier alpha value is -2.62. The summed E-state index contributed by atoms with van der Waals surface area (Å²) in [5.74, 6) is -0.618. The summed E-state index contributed by atoms with van der Waals surface area (Å²) in [6, 6.07) is 0. The van der Waals surface area contributed by atoms with Crippen LogP contribution in [0.2, 0.25) is 0 Å². The van der Waals surface area contributed by atoms with E-state index in [-0.39, 0.29) is 17.0 Å². The number of hydrogen-bond donors (Lipinski definition) is 1. The van der Waals surface area contributed by atoms with Crippen molar-refractivity contribution >= 4 is 22.9 Å². The van der Waals surface area contributed by atoms with Crippen molar-refractivity contribution in [3.8, 4) is 10.7 Å². The minimum atomic E-state index is -0.618. The zero-order valence-corrected chi connectivity index (χ0v) is 10.5. The number of amides is 1. The minimum absolute atomic E-state index is 0.151. The fourth-order valence-electron chi connectivity index (χ4n) is 1.53. The highest BCUT2D eigenvalue weighted by Gasteiger charge is 2.16. The van der Waals surface area contributed by atoms with E-state index in [0.717, 1.165) is 4.68 Å². The van der Waals surface area contributed by atoms with E-state index in [1.165, 1.54) is 34.5 Å². The summed E-state index contributed by atoms with van der Waals surface area (Å²) in [4.78, 5) is 30.9. The summed E-state index contributed by atoms with van der Waals surface area (Å²) in [6.45, 7) is 0. The summed E-state index contributed by atoms with van der Waals surface area (Å²) in [7, 11) is 1.49. The van der Waals surface area contributed by atoms with Gasteiger partial charge in [0.15, 0.2) is 5.65 Å². The first-order valence-electron chi connectivity index (χ1n) is 5.10. The number of aromatic nitrogens is 6. The van der Waals surface area contributed by atoms with Crippen molar-refractivity contribution in [2.45, 2.75) is 0 Å². The largest absolute Gasteiger partial charge is 0.364 e. The SMILES string of the molecule is Cn1nnc2c(-c3nc(C(N)=O)cs3)ncn2c1=O. The van der Waals surface area contributed by atoms with E-state index in [9.17, 15) is 9.59 Å². The van der Waals surface area contributed by atoms with Crippen LogP contribution >= 0.6 is 11.3 Å². The molecule has 3 aromatic rings. The van der Waals surface area contributed by atoms with E-state index >= 15 is 0 Å². The van der Waals surface area contributed by atoms with Crippen LogP contribution in [0.25, 0.3) is 16.3 Å². The van der Waals surface area contributed by atoms with Crippen LogP contribution in [0.15, 0.2) is 16.5 Å². The number of carbonyl (C=O) groups excluding carboxylic acids is 1. The van der Waals surface area contributed by atoms with Crippen molar-refractivity contribution in [2.24, 2.45) is 12.8 Å². The van der Waals surface area contributed by atoms with Gasteiger partial charge in [0.05, 0.1) is 0 Å². The van der Waals surface area contributed by atoms with Gasteiger partial charge in [-0.3, -0.25) is 4.79 Å². The molecule has 10 heteroatoms. The molecule has 0 aliphatic heterocycles. The molecule has 0 bridgehead atoms. The standard InChI is InChI=1S/C9H7N7O2S/c1-15-9(18)16-3-11-5(7(16)13-14-15)8-12-4(2-19-8)6(10)17/h2-3H,1H3,(H2,10,17). The first kappa shape index (κ1) is 11.5. The topological polar surface area (TPSA) is 121 Å². The number of thiazole rings is 1. The van der Waals surface area contributed by atoms with Crippen LogP contribution in [0, 0.1) is 0 Å². The highest BCUT2D eigenvalue weighted by Crippen LogP contribution is 2.24. The molecule has 3 heterocycles. The quantitative estimate of drug-likeness (QED) is 0.644. The molecule has 0 saturated heterocycles. The van der Waals surface area contributed by atoms with Crippen LogP contribution in [0.4, 0.5) is 0 Å². The summed E-state index contributed by atoms with van der Waals surface area (Å²) in [5.41, 5.74) is 5.60. The van der Waals surface area contributed by atoms with E-state index in [4.69, 9.17) is 5.73 Å². The van der Waals surface area contributed by atoms with Gasteiger partial charge in [-0.2, -0.15) is 4.68 Å². The highest BCUT2D eigenvalue weighted by molar-refractivity contribution is 7.13. The van der Waals surface area contributed by atoms with Crippen LogP contribution in [0.3, 0.4) is 0 Å². The normalized spacial score (nSPS) is 11.0. The number of aryl methyl sites for hydroxylation is 1. The van der Waals surface area contributed by atoms with Gasteiger partial charge in [-0.25, -0.2) is 19.2 Å². The van der Waals surface area contributed by atoms with Gasteiger partial charge in [0.1, 0.15) is 22.7 Å². The predicted molar refractivity (Wildman–Crippen MR) is 65.6 cm³/mol. The van der Waals surface area contributed by atoms with E-state index in [1.807, 2.05) is 0 Å². The number of carbonyl (C=O) groups is 1. The maximum atomic E-state index is 11.8. The van der Waals surface area contributed by atoms with Gasteiger partial charge in [-0.15, -0.1) is 16.4 Å². The molecule has 0 aromatic carbocycles. The van der Waals surface area contributed by atoms with Gasteiger partial charge in [-0.1, -0.05) is 5.21 Å². The zero-order valence-electron chi connectivity index (χ0n) is 9.64. The van der Waals surface area contributed by atoms with Crippen molar-refractivity contribution in [1.82, 2.24) is 29.4 Å². The van der Waals surface area contributed by atoms with Gasteiger partial charge >= 0.3 is 5.69 Å². The fraction of sp³-hybridized carbons (Fsp3) is 0.111. The first-order valence-corrected chi connectivity index (χ1v) is 5.98. The molecule has 0 spiro atoms. The Labute approximate surface area is 109 Å². The lowest BCUT2D eigenvalue weighted by Crippen LogP contribution is -2.26. The minimum Gasteiger partial charge on any atom is -0.364 e. The summed E-state index contributed by atoms with van der Waals surface area (Å²) < 4.78 is 2.35. The summed E-state index contributed by atoms with van der Waals surface area (Å²) >= 11 is 1.20. The molecular weight excluding hydrogens is 270 g/mol. The molecule has 19 heavy (non-hydrogen) atoms. The van der Waals surface area contributed by atoms with Gasteiger partial charge < -0.3 is 5.73 Å². The molecule has 0 aliphatic carbocycles. The molecule has 2 N–H and O–H groups in total. The molecule has 3 aromatic heterocycles. The van der Waals surface area contributed by atoms with Crippen molar-refractivity contribution < 1.29 is 4.79 Å². The second-order valence-corrected chi connectivity index (χ2v) is 4.54. The van der Waals surface area contributed by atoms with Crippen LogP contribution in [-0.2, 0) is 7.05 Å². The van der Waals surface area contributed by atoms with E-state index in [2.05, 4.69) is 20.3 Å². The van der Waals surface area contributed by atoms with Gasteiger partial charge in [0.2, 0.25) is 0 Å². The second kappa shape index (κ2) is 3.95. The number of nitrogens with two attached hydrogens (primary N) is 1. The molecule has 0 aliphatic rings. The summed E-state index contributed by atoms with van der Waals surface area (Å²) in [6.07, 6.45) is 1.34. The Bertz CT molecular complexity index is 846. The number of nitrogens with zero attached hydrogens (tertiary/aromatic N) is 6. The second-order valence-electron chi connectivity index (χ2n) is 3.68. The lowest BCUT2D eigenvalue weighted by molar-refractivity contribution is 0.0996. The van der Waals surface area contributed by atoms with Crippen LogP contribution in [0.5, 0.6) is 0 Å². The number of rotatable bonds is 2. The third-order valence-electron chi connectivity index (χ3n) is 2.46. The van der Waals surface area contributed by atoms with Crippen molar-refractivity contribution in [3.05, 3.63) is 27.9 Å². The maximum Gasteiger partial charge on any atom is 0.352 e. The average Bonchev–Trinajstić information content (AvgIpc) is 2.99. The van der Waals surface area contributed by atoms with Crippen molar-refractivity contribution in [3.63, 3.8) is 0 Å².